The minimum Gasteiger partial charge on any atom is -0.342 e. The molecule has 1 N–H and O–H groups in total. The van der Waals surface area contributed by atoms with Gasteiger partial charge < -0.3 is 15.1 Å². The molecule has 0 radical (unpaired) electrons. The van der Waals surface area contributed by atoms with Gasteiger partial charge in [-0.1, -0.05) is 49.6 Å². The first kappa shape index (κ1) is 21.2. The number of nitrogens with one attached hydrogen (secondary N) is 1. The number of likely N-dealkylation sites (tertiary alicyclic amines) is 1. The summed E-state index contributed by atoms with van der Waals surface area (Å²) in [6, 6.07) is 10.7. The molecule has 1 unspecified atom stereocenters. The lowest BCUT2D eigenvalue weighted by Gasteiger charge is -2.37. The highest BCUT2D eigenvalue weighted by Gasteiger charge is 2.35. The molecule has 164 valence electrons. The molecule has 1 aromatic carbocycles. The lowest BCUT2D eigenvalue weighted by Crippen LogP contribution is -2.52. The second-order valence-electron chi connectivity index (χ2n) is 9.58. The molecular formula is C25H37N3O2. The van der Waals surface area contributed by atoms with Crippen molar-refractivity contribution in [2.45, 2.75) is 83.3 Å². The number of piperidine rings is 1. The van der Waals surface area contributed by atoms with Gasteiger partial charge in [0.1, 0.15) is 0 Å². The van der Waals surface area contributed by atoms with E-state index in [-0.39, 0.29) is 24.0 Å². The summed E-state index contributed by atoms with van der Waals surface area (Å²) in [6.45, 7) is 4.39. The van der Waals surface area contributed by atoms with Crippen molar-refractivity contribution in [3.8, 4) is 0 Å². The first-order valence-electron chi connectivity index (χ1n) is 12.0. The van der Waals surface area contributed by atoms with Crippen LogP contribution in [-0.4, -0.2) is 46.9 Å². The van der Waals surface area contributed by atoms with E-state index in [0.717, 1.165) is 38.8 Å². The average Bonchev–Trinajstić information content (AvgIpc) is 3.64. The molecule has 1 heterocycles. The Hall–Kier alpha value is -2.04. The average molecular weight is 412 g/mol. The van der Waals surface area contributed by atoms with Gasteiger partial charge in [0.25, 0.3) is 0 Å². The summed E-state index contributed by atoms with van der Waals surface area (Å²) in [5.74, 6) is 1.23. The molecule has 2 saturated carbocycles. The van der Waals surface area contributed by atoms with E-state index in [0.29, 0.717) is 18.4 Å². The molecule has 1 aromatic rings. The van der Waals surface area contributed by atoms with E-state index >= 15 is 0 Å². The van der Waals surface area contributed by atoms with Gasteiger partial charge in [0.05, 0.1) is 0 Å². The quantitative estimate of drug-likeness (QED) is 0.746. The minimum atomic E-state index is 0.0512. The molecule has 3 aliphatic rings. The Morgan fingerprint density at radius 1 is 1.00 bits per heavy atom. The molecule has 5 heteroatoms. The van der Waals surface area contributed by atoms with Gasteiger partial charge in [0, 0.05) is 37.6 Å². The van der Waals surface area contributed by atoms with E-state index in [1.165, 1.54) is 37.7 Å². The van der Waals surface area contributed by atoms with Crippen LogP contribution in [0.1, 0.15) is 70.3 Å². The van der Waals surface area contributed by atoms with E-state index in [2.05, 4.69) is 24.4 Å². The van der Waals surface area contributed by atoms with Gasteiger partial charge in [0.15, 0.2) is 0 Å². The molecule has 1 saturated heterocycles. The number of amides is 3. The van der Waals surface area contributed by atoms with Crippen molar-refractivity contribution in [2.75, 3.05) is 13.1 Å². The van der Waals surface area contributed by atoms with Crippen molar-refractivity contribution < 1.29 is 9.59 Å². The Morgan fingerprint density at radius 3 is 2.30 bits per heavy atom. The second kappa shape index (κ2) is 9.84. The molecular weight excluding hydrogens is 374 g/mol. The summed E-state index contributed by atoms with van der Waals surface area (Å²) in [5.41, 5.74) is 1.17. The Kier molecular flexibility index (Phi) is 6.96. The van der Waals surface area contributed by atoms with Crippen LogP contribution in [0, 0.1) is 11.8 Å². The molecule has 1 atom stereocenters. The monoisotopic (exact) mass is 411 g/mol. The van der Waals surface area contributed by atoms with Crippen LogP contribution in [0.25, 0.3) is 0 Å². The third-order valence-electron chi connectivity index (χ3n) is 7.34. The van der Waals surface area contributed by atoms with Gasteiger partial charge in [0.2, 0.25) is 5.91 Å². The first-order chi connectivity index (χ1) is 14.6. The highest BCUT2D eigenvalue weighted by Crippen LogP contribution is 2.36. The Bertz CT molecular complexity index is 704. The summed E-state index contributed by atoms with van der Waals surface area (Å²) in [6.07, 6.45) is 9.95. The number of urea groups is 1. The minimum absolute atomic E-state index is 0.0512. The SMILES string of the molecule is CC(C1CC1)N(Cc1ccccc1)C(=O)NC1CCN(C(=O)C2CCCCC2)CC1. The summed E-state index contributed by atoms with van der Waals surface area (Å²) in [5, 5.41) is 3.29. The second-order valence-corrected chi connectivity index (χ2v) is 9.58. The first-order valence-corrected chi connectivity index (χ1v) is 12.0. The van der Waals surface area contributed by atoms with Crippen LogP contribution >= 0.6 is 0 Å². The van der Waals surface area contributed by atoms with Crippen LogP contribution in [0.2, 0.25) is 0 Å². The van der Waals surface area contributed by atoms with Gasteiger partial charge in [-0.15, -0.1) is 0 Å². The van der Waals surface area contributed by atoms with Crippen molar-refractivity contribution >= 4 is 11.9 Å². The van der Waals surface area contributed by atoms with Gasteiger partial charge in [-0.25, -0.2) is 4.79 Å². The Morgan fingerprint density at radius 2 is 1.67 bits per heavy atom. The number of rotatable bonds is 6. The smallest absolute Gasteiger partial charge is 0.318 e. The number of benzene rings is 1. The predicted octanol–water partition coefficient (Wildman–Crippen LogP) is 4.57. The molecule has 30 heavy (non-hydrogen) atoms. The normalized spacial score (nSPS) is 21.8. The molecule has 0 spiro atoms. The fraction of sp³-hybridized carbons (Fsp3) is 0.680. The maximum absolute atomic E-state index is 13.2. The zero-order valence-corrected chi connectivity index (χ0v) is 18.4. The Labute approximate surface area is 181 Å². The van der Waals surface area contributed by atoms with Gasteiger partial charge >= 0.3 is 6.03 Å². The van der Waals surface area contributed by atoms with Crippen molar-refractivity contribution in [1.82, 2.24) is 15.1 Å². The number of carbonyl (C=O) groups is 2. The number of carbonyl (C=O) groups excluding carboxylic acids is 2. The topological polar surface area (TPSA) is 52.7 Å². The molecule has 4 rings (SSSR count). The van der Waals surface area contributed by atoms with Gasteiger partial charge in [-0.05, 0) is 56.9 Å². The number of hydrogen-bond donors (Lipinski definition) is 1. The van der Waals surface area contributed by atoms with Crippen molar-refractivity contribution in [3.05, 3.63) is 35.9 Å². The Balaban J connectivity index is 1.30. The largest absolute Gasteiger partial charge is 0.342 e. The van der Waals surface area contributed by atoms with Crippen molar-refractivity contribution in [1.29, 1.82) is 0 Å². The fourth-order valence-electron chi connectivity index (χ4n) is 5.12. The van der Waals surface area contributed by atoms with Crippen molar-refractivity contribution in [3.63, 3.8) is 0 Å². The van der Waals surface area contributed by atoms with E-state index < -0.39 is 0 Å². The van der Waals surface area contributed by atoms with E-state index in [1.807, 2.05) is 28.0 Å². The van der Waals surface area contributed by atoms with Crippen LogP contribution in [0.4, 0.5) is 4.79 Å². The molecule has 0 bridgehead atoms. The maximum Gasteiger partial charge on any atom is 0.318 e. The van der Waals surface area contributed by atoms with Crippen LogP contribution in [0.15, 0.2) is 30.3 Å². The lowest BCUT2D eigenvalue weighted by atomic mass is 9.87. The molecule has 2 aliphatic carbocycles. The molecule has 0 aromatic heterocycles. The maximum atomic E-state index is 13.2. The summed E-state index contributed by atoms with van der Waals surface area (Å²) in [7, 11) is 0. The number of nitrogens with zero attached hydrogens (tertiary/aromatic N) is 2. The van der Waals surface area contributed by atoms with Crippen LogP contribution < -0.4 is 5.32 Å². The van der Waals surface area contributed by atoms with Crippen LogP contribution in [-0.2, 0) is 11.3 Å². The van der Waals surface area contributed by atoms with Crippen LogP contribution in [0.5, 0.6) is 0 Å². The molecule has 3 fully saturated rings. The zero-order chi connectivity index (χ0) is 20.9. The lowest BCUT2D eigenvalue weighted by molar-refractivity contribution is -0.137. The highest BCUT2D eigenvalue weighted by atomic mass is 16.2. The third-order valence-corrected chi connectivity index (χ3v) is 7.34. The fourth-order valence-corrected chi connectivity index (χ4v) is 5.12. The summed E-state index contributed by atoms with van der Waals surface area (Å²) >= 11 is 0. The molecule has 3 amide bonds. The zero-order valence-electron chi connectivity index (χ0n) is 18.4. The standard InChI is InChI=1S/C25H37N3O2/c1-19(21-12-13-21)28(18-20-8-4-2-5-9-20)25(30)26-23-14-16-27(17-15-23)24(29)22-10-6-3-7-11-22/h2,4-5,8-9,19,21-23H,3,6-7,10-18H2,1H3,(H,26,30). The van der Waals surface area contributed by atoms with E-state index in [1.54, 1.807) is 0 Å². The molecule has 5 nitrogen and oxygen atoms in total. The van der Waals surface area contributed by atoms with E-state index in [4.69, 9.17) is 0 Å². The van der Waals surface area contributed by atoms with Crippen LogP contribution in [0.3, 0.4) is 0 Å². The highest BCUT2D eigenvalue weighted by molar-refractivity contribution is 5.79. The summed E-state index contributed by atoms with van der Waals surface area (Å²) < 4.78 is 0. The molecule has 1 aliphatic heterocycles. The van der Waals surface area contributed by atoms with Gasteiger partial charge in [-0.3, -0.25) is 4.79 Å². The predicted molar refractivity (Wildman–Crippen MR) is 119 cm³/mol. The van der Waals surface area contributed by atoms with E-state index in [9.17, 15) is 9.59 Å². The number of hydrogen-bond acceptors (Lipinski definition) is 2. The van der Waals surface area contributed by atoms with Gasteiger partial charge in [-0.2, -0.15) is 0 Å². The third kappa shape index (κ3) is 5.35. The van der Waals surface area contributed by atoms with Crippen molar-refractivity contribution in [2.24, 2.45) is 11.8 Å². The summed E-state index contributed by atoms with van der Waals surface area (Å²) in [4.78, 5) is 30.1.